The predicted molar refractivity (Wildman–Crippen MR) is 136 cm³/mol. The van der Waals surface area contributed by atoms with E-state index in [9.17, 15) is 13.2 Å². The number of methoxy groups -OCH3 is 2. The molecule has 0 fully saturated rings. The first-order valence-corrected chi connectivity index (χ1v) is 12.8. The maximum absolute atomic E-state index is 13.8. The monoisotopic (exact) mass is 490 g/mol. The van der Waals surface area contributed by atoms with Gasteiger partial charge in [0.2, 0.25) is 0 Å². The highest BCUT2D eigenvalue weighted by Crippen LogP contribution is 2.40. The first-order chi connectivity index (χ1) is 16.9. The fraction of sp³-hybridized carbons (Fsp3) is 0.222. The highest BCUT2D eigenvalue weighted by Gasteiger charge is 2.34. The Kier molecular flexibility index (Phi) is 5.98. The molecule has 0 atom stereocenters. The molecule has 0 saturated carbocycles. The Labute approximate surface area is 205 Å². The molecule has 7 nitrogen and oxygen atoms in total. The Balaban J connectivity index is 1.51. The maximum Gasteiger partial charge on any atom is 0.268 e. The first-order valence-electron chi connectivity index (χ1n) is 11.4. The van der Waals surface area contributed by atoms with E-state index in [4.69, 9.17) is 9.47 Å². The molecule has 2 heterocycles. The third kappa shape index (κ3) is 4.04. The zero-order chi connectivity index (χ0) is 24.6. The van der Waals surface area contributed by atoms with E-state index in [2.05, 4.69) is 0 Å². The summed E-state index contributed by atoms with van der Waals surface area (Å²) in [5.74, 6) is 0.246. The molecule has 0 bridgehead atoms. The van der Waals surface area contributed by atoms with Gasteiger partial charge in [0.25, 0.3) is 15.9 Å². The van der Waals surface area contributed by atoms with Crippen molar-refractivity contribution in [2.45, 2.75) is 17.7 Å². The molecule has 0 radical (unpaired) electrons. The number of nitrogens with zero attached hydrogens (tertiary/aromatic N) is 2. The third-order valence-corrected chi connectivity index (χ3v) is 8.27. The lowest BCUT2D eigenvalue weighted by Gasteiger charge is -2.22. The van der Waals surface area contributed by atoms with Crippen molar-refractivity contribution in [1.29, 1.82) is 0 Å². The van der Waals surface area contributed by atoms with Gasteiger partial charge in [0.05, 0.1) is 19.9 Å². The van der Waals surface area contributed by atoms with E-state index in [1.807, 2.05) is 42.5 Å². The predicted octanol–water partition coefficient (Wildman–Crippen LogP) is 4.06. The van der Waals surface area contributed by atoms with E-state index in [0.29, 0.717) is 30.8 Å². The highest BCUT2D eigenvalue weighted by atomic mass is 32.2. The van der Waals surface area contributed by atoms with Crippen molar-refractivity contribution in [3.63, 3.8) is 0 Å². The summed E-state index contributed by atoms with van der Waals surface area (Å²) in [7, 11) is -1.07. The second-order valence-corrected chi connectivity index (χ2v) is 10.2. The Hall–Kier alpha value is -3.78. The number of ether oxygens (including phenoxy) is 2. The fourth-order valence-electron chi connectivity index (χ4n) is 4.74. The largest absolute Gasteiger partial charge is 0.493 e. The molecule has 0 N–H and O–H groups in total. The Morgan fingerprint density at radius 3 is 2.26 bits per heavy atom. The van der Waals surface area contributed by atoms with Crippen molar-refractivity contribution in [1.82, 2.24) is 0 Å². The van der Waals surface area contributed by atoms with Crippen molar-refractivity contribution in [2.24, 2.45) is 0 Å². The Morgan fingerprint density at radius 1 is 0.886 bits per heavy atom. The zero-order valence-electron chi connectivity index (χ0n) is 19.6. The van der Waals surface area contributed by atoms with E-state index in [1.165, 1.54) is 30.7 Å². The van der Waals surface area contributed by atoms with Crippen molar-refractivity contribution in [2.75, 3.05) is 36.5 Å². The Bertz CT molecular complexity index is 1430. The van der Waals surface area contributed by atoms with E-state index in [-0.39, 0.29) is 22.3 Å². The van der Waals surface area contributed by atoms with Gasteiger partial charge < -0.3 is 14.4 Å². The van der Waals surface area contributed by atoms with Crippen molar-refractivity contribution >= 4 is 33.4 Å². The highest BCUT2D eigenvalue weighted by molar-refractivity contribution is 7.93. The maximum atomic E-state index is 13.8. The van der Waals surface area contributed by atoms with Gasteiger partial charge in [-0.15, -0.1) is 0 Å². The van der Waals surface area contributed by atoms with Crippen molar-refractivity contribution < 1.29 is 22.7 Å². The van der Waals surface area contributed by atoms with Crippen LogP contribution in [0.25, 0.3) is 6.08 Å². The second-order valence-electron chi connectivity index (χ2n) is 8.41. The standard InChI is InChI=1S/C27H26N2O5S/c1-33-24-17-19(11-12-26(30)28-15-13-20-7-3-5-9-22(20)28)18-25(27(24)34-2)35(31,32)29-16-14-21-8-4-6-10-23(21)29/h3-12,17-18H,13-16H2,1-2H3. The van der Waals surface area contributed by atoms with Crippen LogP contribution in [0, 0.1) is 0 Å². The molecular weight excluding hydrogens is 464 g/mol. The van der Waals surface area contributed by atoms with E-state index >= 15 is 0 Å². The number of carbonyl (C=O) groups is 1. The van der Waals surface area contributed by atoms with Gasteiger partial charge in [0.1, 0.15) is 4.90 Å². The van der Waals surface area contributed by atoms with Crippen LogP contribution in [0.1, 0.15) is 16.7 Å². The molecule has 2 aliphatic rings. The molecule has 1 amide bonds. The van der Waals surface area contributed by atoms with Crippen LogP contribution in [-0.2, 0) is 27.7 Å². The van der Waals surface area contributed by atoms with Gasteiger partial charge >= 0.3 is 0 Å². The number of sulfonamides is 1. The number of carbonyl (C=O) groups excluding carboxylic acids is 1. The summed E-state index contributed by atoms with van der Waals surface area (Å²) in [6.45, 7) is 0.961. The summed E-state index contributed by atoms with van der Waals surface area (Å²) in [6, 6.07) is 18.5. The molecule has 3 aromatic rings. The topological polar surface area (TPSA) is 76.2 Å². The van der Waals surface area contributed by atoms with Gasteiger partial charge in [-0.2, -0.15) is 0 Å². The molecule has 35 heavy (non-hydrogen) atoms. The summed E-state index contributed by atoms with van der Waals surface area (Å²) >= 11 is 0. The summed E-state index contributed by atoms with van der Waals surface area (Å²) in [5.41, 5.74) is 4.21. The van der Waals surface area contributed by atoms with E-state index in [0.717, 1.165) is 23.2 Å². The summed E-state index contributed by atoms with van der Waals surface area (Å²) < 4.78 is 39.9. The zero-order valence-corrected chi connectivity index (χ0v) is 20.4. The number of hydrogen-bond donors (Lipinski definition) is 0. The van der Waals surface area contributed by atoms with E-state index < -0.39 is 10.0 Å². The lowest BCUT2D eigenvalue weighted by atomic mass is 10.1. The number of anilines is 2. The average Bonchev–Trinajstić information content (AvgIpc) is 3.51. The van der Waals surface area contributed by atoms with Gasteiger partial charge in [0, 0.05) is 24.9 Å². The van der Waals surface area contributed by atoms with Crippen LogP contribution >= 0.6 is 0 Å². The van der Waals surface area contributed by atoms with Gasteiger partial charge in [-0.05, 0) is 59.9 Å². The van der Waals surface area contributed by atoms with E-state index in [1.54, 1.807) is 23.1 Å². The molecule has 5 rings (SSSR count). The van der Waals surface area contributed by atoms with Gasteiger partial charge in [-0.1, -0.05) is 36.4 Å². The van der Waals surface area contributed by atoms with Gasteiger partial charge in [0.15, 0.2) is 11.5 Å². The quantitative estimate of drug-likeness (QED) is 0.487. The molecule has 0 aromatic heterocycles. The summed E-state index contributed by atoms with van der Waals surface area (Å²) in [4.78, 5) is 14.7. The Morgan fingerprint density at radius 2 is 1.54 bits per heavy atom. The van der Waals surface area contributed by atoms with Crippen LogP contribution in [0.3, 0.4) is 0 Å². The number of rotatable bonds is 6. The lowest BCUT2D eigenvalue weighted by molar-refractivity contribution is -0.114. The molecule has 3 aromatic carbocycles. The van der Waals surface area contributed by atoms with Crippen LogP contribution < -0.4 is 18.7 Å². The van der Waals surface area contributed by atoms with Gasteiger partial charge in [-0.3, -0.25) is 9.10 Å². The molecule has 0 unspecified atom stereocenters. The smallest absolute Gasteiger partial charge is 0.268 e. The normalized spacial score (nSPS) is 14.8. The average molecular weight is 491 g/mol. The minimum Gasteiger partial charge on any atom is -0.493 e. The summed E-state index contributed by atoms with van der Waals surface area (Å²) in [5, 5.41) is 0. The molecule has 0 saturated heterocycles. The number of benzene rings is 3. The summed E-state index contributed by atoms with van der Waals surface area (Å²) in [6.07, 6.45) is 4.53. The molecular formula is C27H26N2O5S. The minimum atomic E-state index is -3.95. The van der Waals surface area contributed by atoms with Crippen LogP contribution in [0.5, 0.6) is 11.5 Å². The first kappa shape index (κ1) is 23.0. The molecule has 8 heteroatoms. The second kappa shape index (κ2) is 9.11. The van der Waals surface area contributed by atoms with Crippen LogP contribution in [0.15, 0.2) is 71.6 Å². The SMILES string of the molecule is COc1cc(C=CC(=O)N2CCc3ccccc32)cc(S(=O)(=O)N2CCc3ccccc32)c1OC. The van der Waals surface area contributed by atoms with Gasteiger partial charge in [-0.25, -0.2) is 8.42 Å². The number of fused-ring (bicyclic) bond motifs is 2. The fourth-order valence-corrected chi connectivity index (χ4v) is 6.45. The number of amides is 1. The van der Waals surface area contributed by atoms with Crippen LogP contribution in [0.4, 0.5) is 11.4 Å². The number of hydrogen-bond acceptors (Lipinski definition) is 5. The van der Waals surface area contributed by atoms with Crippen molar-refractivity contribution in [3.8, 4) is 11.5 Å². The molecule has 2 aliphatic heterocycles. The number of para-hydroxylation sites is 2. The van der Waals surface area contributed by atoms with Crippen LogP contribution in [0.2, 0.25) is 0 Å². The van der Waals surface area contributed by atoms with Crippen LogP contribution in [-0.4, -0.2) is 41.6 Å². The van der Waals surface area contributed by atoms with Crippen molar-refractivity contribution in [3.05, 3.63) is 83.4 Å². The lowest BCUT2D eigenvalue weighted by Crippen LogP contribution is -2.29. The third-order valence-electron chi connectivity index (χ3n) is 6.45. The molecule has 180 valence electrons. The minimum absolute atomic E-state index is 0.00494. The molecule has 0 spiro atoms. The molecule has 0 aliphatic carbocycles.